The van der Waals surface area contributed by atoms with Crippen molar-refractivity contribution in [3.63, 3.8) is 0 Å². The fourth-order valence-corrected chi connectivity index (χ4v) is 1.82. The Morgan fingerprint density at radius 2 is 2.08 bits per heavy atom. The minimum Gasteiger partial charge on any atom is -0.465 e. The molecule has 0 fully saturated rings. The molecule has 0 radical (unpaired) electrons. The predicted octanol–water partition coefficient (Wildman–Crippen LogP) is 3.65. The number of methoxy groups -OCH3 is 1. The summed E-state index contributed by atoms with van der Waals surface area (Å²) in [6.07, 6.45) is -1.09. The third-order valence-corrected chi connectivity index (χ3v) is 2.84. The number of hydrogen-bond acceptors (Lipinski definition) is 6. The van der Waals surface area contributed by atoms with Crippen molar-refractivity contribution in [1.82, 2.24) is 4.98 Å². The molecule has 2 rings (SSSR count). The number of pyridine rings is 1. The van der Waals surface area contributed by atoms with Gasteiger partial charge in [0.1, 0.15) is 17.1 Å². The van der Waals surface area contributed by atoms with Crippen LogP contribution in [-0.4, -0.2) is 24.1 Å². The lowest BCUT2D eigenvalue weighted by molar-refractivity contribution is -0.138. The number of halogens is 3. The van der Waals surface area contributed by atoms with Gasteiger partial charge in [0.2, 0.25) is 6.08 Å². The third kappa shape index (κ3) is 3.76. The van der Waals surface area contributed by atoms with Crippen LogP contribution in [0.5, 0.6) is 11.5 Å². The highest BCUT2D eigenvalue weighted by Crippen LogP contribution is 2.41. The van der Waals surface area contributed by atoms with Crippen LogP contribution in [-0.2, 0) is 15.7 Å². The summed E-state index contributed by atoms with van der Waals surface area (Å²) in [6.45, 7) is 0. The first-order valence-corrected chi connectivity index (χ1v) is 6.36. The molecule has 0 unspecified atom stereocenters. The van der Waals surface area contributed by atoms with Gasteiger partial charge in [-0.2, -0.15) is 18.2 Å². The normalized spacial score (nSPS) is 10.7. The number of carbonyl (C=O) groups excluding carboxylic acids is 2. The fourth-order valence-electron chi connectivity index (χ4n) is 1.82. The third-order valence-electron chi connectivity index (χ3n) is 2.84. The van der Waals surface area contributed by atoms with Gasteiger partial charge in [0.15, 0.2) is 0 Å². The monoisotopic (exact) mass is 338 g/mol. The SMILES string of the molecule is COC(=O)c1cc(Oc2cccnc2)c(C(F)(F)F)cc1N=C=O. The lowest BCUT2D eigenvalue weighted by Crippen LogP contribution is -2.10. The van der Waals surface area contributed by atoms with E-state index in [4.69, 9.17) is 4.74 Å². The van der Waals surface area contributed by atoms with Crippen LogP contribution in [0.4, 0.5) is 18.9 Å². The second-order valence-electron chi connectivity index (χ2n) is 4.35. The number of aliphatic imine (C=N–C) groups is 1. The molecule has 24 heavy (non-hydrogen) atoms. The average molecular weight is 338 g/mol. The number of nitrogens with zero attached hydrogens (tertiary/aromatic N) is 2. The molecule has 0 spiro atoms. The maximum Gasteiger partial charge on any atom is 0.420 e. The zero-order valence-corrected chi connectivity index (χ0v) is 12.1. The van der Waals surface area contributed by atoms with Gasteiger partial charge in [-0.3, -0.25) is 4.98 Å². The van der Waals surface area contributed by atoms with Crippen molar-refractivity contribution in [3.8, 4) is 11.5 Å². The van der Waals surface area contributed by atoms with Crippen LogP contribution < -0.4 is 4.74 Å². The van der Waals surface area contributed by atoms with E-state index in [2.05, 4.69) is 14.7 Å². The molecule has 6 nitrogen and oxygen atoms in total. The Morgan fingerprint density at radius 3 is 2.62 bits per heavy atom. The summed E-state index contributed by atoms with van der Waals surface area (Å²) in [6, 6.07) is 4.18. The van der Waals surface area contributed by atoms with Crippen LogP contribution in [0.15, 0.2) is 41.7 Å². The Labute approximate surface area is 133 Å². The number of rotatable bonds is 4. The minimum atomic E-state index is -4.81. The van der Waals surface area contributed by atoms with Gasteiger partial charge >= 0.3 is 12.1 Å². The van der Waals surface area contributed by atoms with Crippen LogP contribution in [0.1, 0.15) is 15.9 Å². The lowest BCUT2D eigenvalue weighted by Gasteiger charge is -2.15. The molecular formula is C15H9F3N2O4. The number of ether oxygens (including phenoxy) is 2. The van der Waals surface area contributed by atoms with Crippen LogP contribution in [0.2, 0.25) is 0 Å². The van der Waals surface area contributed by atoms with Gasteiger partial charge in [-0.05, 0) is 24.3 Å². The number of esters is 1. The van der Waals surface area contributed by atoms with E-state index in [1.807, 2.05) is 0 Å². The van der Waals surface area contributed by atoms with Crippen LogP contribution in [0.25, 0.3) is 0 Å². The van der Waals surface area contributed by atoms with Gasteiger partial charge in [0.05, 0.1) is 24.6 Å². The van der Waals surface area contributed by atoms with Crippen molar-refractivity contribution < 1.29 is 32.2 Å². The van der Waals surface area contributed by atoms with E-state index < -0.39 is 29.1 Å². The van der Waals surface area contributed by atoms with E-state index in [0.29, 0.717) is 6.07 Å². The number of alkyl halides is 3. The summed E-state index contributed by atoms with van der Waals surface area (Å²) in [5.41, 5.74) is -2.11. The maximum absolute atomic E-state index is 13.2. The molecule has 0 saturated carbocycles. The van der Waals surface area contributed by atoms with Crippen molar-refractivity contribution in [2.75, 3.05) is 7.11 Å². The van der Waals surface area contributed by atoms with E-state index >= 15 is 0 Å². The smallest absolute Gasteiger partial charge is 0.420 e. The largest absolute Gasteiger partial charge is 0.465 e. The standard InChI is InChI=1S/C15H9F3N2O4/c1-23-14(22)10-5-13(24-9-3-2-4-19-7-9)11(15(16,17)18)6-12(10)20-8-21/h2-7H,1H3. The average Bonchev–Trinajstić information content (AvgIpc) is 2.55. The predicted molar refractivity (Wildman–Crippen MR) is 74.9 cm³/mol. The first kappa shape index (κ1) is 17.2. The highest BCUT2D eigenvalue weighted by molar-refractivity contribution is 5.96. The Morgan fingerprint density at radius 1 is 1.33 bits per heavy atom. The zero-order chi connectivity index (χ0) is 17.7. The number of benzene rings is 1. The van der Waals surface area contributed by atoms with Gasteiger partial charge < -0.3 is 9.47 Å². The molecule has 0 aliphatic rings. The Hall–Kier alpha value is -3.19. The molecule has 0 atom stereocenters. The van der Waals surface area contributed by atoms with Crippen molar-refractivity contribution in [1.29, 1.82) is 0 Å². The number of carbonyl (C=O) groups is 1. The van der Waals surface area contributed by atoms with Gasteiger partial charge in [-0.25, -0.2) is 9.59 Å². The second kappa shape index (κ2) is 6.93. The van der Waals surface area contributed by atoms with E-state index in [9.17, 15) is 22.8 Å². The van der Waals surface area contributed by atoms with Crippen molar-refractivity contribution in [3.05, 3.63) is 47.8 Å². The quantitative estimate of drug-likeness (QED) is 0.483. The molecule has 0 bridgehead atoms. The van der Waals surface area contributed by atoms with Crippen molar-refractivity contribution in [2.24, 2.45) is 4.99 Å². The number of isocyanates is 1. The van der Waals surface area contributed by atoms with Gasteiger partial charge in [0.25, 0.3) is 0 Å². The number of hydrogen-bond donors (Lipinski definition) is 0. The highest BCUT2D eigenvalue weighted by atomic mass is 19.4. The first-order valence-electron chi connectivity index (χ1n) is 6.36. The molecule has 9 heteroatoms. The van der Waals surface area contributed by atoms with E-state index in [-0.39, 0.29) is 11.3 Å². The highest BCUT2D eigenvalue weighted by Gasteiger charge is 2.36. The van der Waals surface area contributed by atoms with Crippen LogP contribution >= 0.6 is 0 Å². The summed E-state index contributed by atoms with van der Waals surface area (Å²) in [5.74, 6) is -1.60. The number of aromatic nitrogens is 1. The molecule has 2 aromatic rings. The molecule has 124 valence electrons. The maximum atomic E-state index is 13.2. The zero-order valence-electron chi connectivity index (χ0n) is 12.1. The van der Waals surface area contributed by atoms with Crippen molar-refractivity contribution in [2.45, 2.75) is 6.18 Å². The van der Waals surface area contributed by atoms with E-state index in [1.165, 1.54) is 24.5 Å². The van der Waals surface area contributed by atoms with Crippen molar-refractivity contribution >= 4 is 17.7 Å². The second-order valence-corrected chi connectivity index (χ2v) is 4.35. The summed E-state index contributed by atoms with van der Waals surface area (Å²) in [5, 5.41) is 0. The van der Waals surface area contributed by atoms with Crippen LogP contribution in [0.3, 0.4) is 0 Å². The molecule has 0 saturated heterocycles. The summed E-state index contributed by atoms with van der Waals surface area (Å²) in [4.78, 5) is 29.0. The van der Waals surface area contributed by atoms with Gasteiger partial charge in [-0.15, -0.1) is 0 Å². The molecule has 1 heterocycles. The molecule has 0 aliphatic heterocycles. The summed E-state index contributed by atoms with van der Waals surface area (Å²) in [7, 11) is 1.04. The van der Waals surface area contributed by atoms with Gasteiger partial charge in [0, 0.05) is 6.20 Å². The Kier molecular flexibility index (Phi) is 4.96. The molecule has 1 aromatic heterocycles. The molecule has 0 amide bonds. The minimum absolute atomic E-state index is 0.0328. The summed E-state index contributed by atoms with van der Waals surface area (Å²) < 4.78 is 49.4. The Balaban J connectivity index is 2.65. The molecular weight excluding hydrogens is 329 g/mol. The summed E-state index contributed by atoms with van der Waals surface area (Å²) >= 11 is 0. The van der Waals surface area contributed by atoms with E-state index in [0.717, 1.165) is 19.3 Å². The molecule has 1 aromatic carbocycles. The topological polar surface area (TPSA) is 77.8 Å². The molecule has 0 aliphatic carbocycles. The van der Waals surface area contributed by atoms with E-state index in [1.54, 1.807) is 0 Å². The Bertz CT molecular complexity index is 800. The van der Waals surface area contributed by atoms with Crippen LogP contribution in [0, 0.1) is 0 Å². The van der Waals surface area contributed by atoms with Gasteiger partial charge in [-0.1, -0.05) is 0 Å². The fraction of sp³-hybridized carbons (Fsp3) is 0.133. The lowest BCUT2D eigenvalue weighted by atomic mass is 10.1. The molecule has 0 N–H and O–H groups in total. The first-order chi connectivity index (χ1) is 11.4.